The van der Waals surface area contributed by atoms with Crippen LogP contribution in [0.15, 0.2) is 79.0 Å². The van der Waals surface area contributed by atoms with Gasteiger partial charge >= 0.3 is 0 Å². The summed E-state index contributed by atoms with van der Waals surface area (Å²) < 4.78 is 7.56. The van der Waals surface area contributed by atoms with Crippen molar-refractivity contribution in [1.29, 1.82) is 0 Å². The Hall–Kier alpha value is -3.84. The maximum Gasteiger partial charge on any atom is 0.174 e. The molecule has 0 spiro atoms. The second-order valence-electron chi connectivity index (χ2n) is 8.37. The Bertz CT molecular complexity index is 1320. The van der Waals surface area contributed by atoms with Crippen LogP contribution in [-0.4, -0.2) is 26.9 Å². The van der Waals surface area contributed by atoms with Crippen molar-refractivity contribution >= 4 is 23.0 Å². The molecule has 1 aliphatic heterocycles. The number of aromatic nitrogens is 2. The number of hydrogen-bond acceptors (Lipinski definition) is 4. The van der Waals surface area contributed by atoms with E-state index in [9.17, 15) is 5.11 Å². The van der Waals surface area contributed by atoms with Gasteiger partial charge in [-0.05, 0) is 98.4 Å². The van der Waals surface area contributed by atoms with Gasteiger partial charge in [0, 0.05) is 29.0 Å². The molecule has 0 bridgehead atoms. The van der Waals surface area contributed by atoms with Gasteiger partial charge in [0.1, 0.15) is 11.5 Å². The largest absolute Gasteiger partial charge is 0.508 e. The van der Waals surface area contributed by atoms with E-state index in [2.05, 4.69) is 39.7 Å². The third-order valence-corrected chi connectivity index (χ3v) is 6.66. The number of phenols is 1. The molecule has 2 aromatic carbocycles. The first-order chi connectivity index (χ1) is 16.5. The van der Waals surface area contributed by atoms with Gasteiger partial charge < -0.3 is 24.6 Å². The van der Waals surface area contributed by atoms with E-state index in [1.54, 1.807) is 19.2 Å². The van der Waals surface area contributed by atoms with Crippen LogP contribution < -0.4 is 15.0 Å². The van der Waals surface area contributed by atoms with Crippen molar-refractivity contribution in [3.8, 4) is 17.2 Å². The Morgan fingerprint density at radius 1 is 0.971 bits per heavy atom. The monoisotopic (exact) mass is 470 g/mol. The van der Waals surface area contributed by atoms with Crippen LogP contribution >= 0.6 is 12.2 Å². The lowest BCUT2D eigenvalue weighted by atomic mass is 9.96. The van der Waals surface area contributed by atoms with E-state index < -0.39 is 0 Å². The van der Waals surface area contributed by atoms with Gasteiger partial charge in [-0.3, -0.25) is 4.98 Å². The van der Waals surface area contributed by atoms with Crippen molar-refractivity contribution in [2.45, 2.75) is 25.9 Å². The van der Waals surface area contributed by atoms with Crippen molar-refractivity contribution < 1.29 is 9.84 Å². The minimum atomic E-state index is -0.121. The molecule has 34 heavy (non-hydrogen) atoms. The summed E-state index contributed by atoms with van der Waals surface area (Å²) in [5, 5.41) is 13.9. The predicted molar refractivity (Wildman–Crippen MR) is 138 cm³/mol. The molecule has 1 fully saturated rings. The molecular formula is C27H26N4O2S. The summed E-state index contributed by atoms with van der Waals surface area (Å²) in [4.78, 5) is 6.81. The third-order valence-electron chi connectivity index (χ3n) is 6.35. The van der Waals surface area contributed by atoms with Crippen LogP contribution in [0.2, 0.25) is 0 Å². The number of phenolic OH excluding ortho intramolecular Hbond substituents is 1. The Labute approximate surface area is 204 Å². The first kappa shape index (κ1) is 22.0. The van der Waals surface area contributed by atoms with Crippen LogP contribution in [0.4, 0.5) is 5.69 Å². The zero-order valence-electron chi connectivity index (χ0n) is 19.3. The smallest absolute Gasteiger partial charge is 0.174 e. The molecule has 7 heteroatoms. The number of methoxy groups -OCH3 is 1. The molecule has 0 radical (unpaired) electrons. The summed E-state index contributed by atoms with van der Waals surface area (Å²) in [5.74, 6) is 1.04. The molecule has 3 heterocycles. The van der Waals surface area contributed by atoms with Crippen molar-refractivity contribution in [2.75, 3.05) is 12.0 Å². The minimum absolute atomic E-state index is 0.104. The number of rotatable bonds is 5. The van der Waals surface area contributed by atoms with Crippen LogP contribution in [-0.2, 0) is 0 Å². The van der Waals surface area contributed by atoms with E-state index in [-0.39, 0.29) is 17.8 Å². The Morgan fingerprint density at radius 3 is 2.32 bits per heavy atom. The number of benzene rings is 2. The minimum Gasteiger partial charge on any atom is -0.508 e. The Balaban J connectivity index is 1.66. The maximum atomic E-state index is 9.75. The number of aromatic hydroxyl groups is 1. The third kappa shape index (κ3) is 3.78. The SMILES string of the molecule is COc1ccc(N2C(=S)NC(c3ccccn3)C2c2cc(C)n(-c3ccc(O)cc3)c2C)cc1. The second kappa shape index (κ2) is 8.83. The lowest BCUT2D eigenvalue weighted by Crippen LogP contribution is -2.29. The zero-order chi connectivity index (χ0) is 23.8. The van der Waals surface area contributed by atoms with Gasteiger partial charge in [0.25, 0.3) is 0 Å². The molecule has 5 rings (SSSR count). The summed E-state index contributed by atoms with van der Waals surface area (Å²) in [5.41, 5.74) is 6.28. The second-order valence-corrected chi connectivity index (χ2v) is 8.76. The molecule has 6 nitrogen and oxygen atoms in total. The molecular weight excluding hydrogens is 444 g/mol. The molecule has 2 N–H and O–H groups in total. The number of ether oxygens (including phenoxy) is 1. The number of nitrogens with zero attached hydrogens (tertiary/aromatic N) is 3. The summed E-state index contributed by atoms with van der Waals surface area (Å²) in [7, 11) is 1.66. The number of pyridine rings is 1. The van der Waals surface area contributed by atoms with Gasteiger partial charge in [0.15, 0.2) is 5.11 Å². The number of anilines is 1. The number of aryl methyl sites for hydroxylation is 1. The van der Waals surface area contributed by atoms with Gasteiger partial charge in [0.05, 0.1) is 24.9 Å². The quantitative estimate of drug-likeness (QED) is 0.382. The molecule has 1 saturated heterocycles. The fourth-order valence-electron chi connectivity index (χ4n) is 4.78. The molecule has 0 amide bonds. The van der Waals surface area contributed by atoms with Crippen LogP contribution in [0, 0.1) is 13.8 Å². The highest BCUT2D eigenvalue weighted by Crippen LogP contribution is 2.44. The lowest BCUT2D eigenvalue weighted by Gasteiger charge is -2.28. The molecule has 0 saturated carbocycles. The number of thiocarbonyl (C=S) groups is 1. The van der Waals surface area contributed by atoms with Gasteiger partial charge in [-0.15, -0.1) is 0 Å². The molecule has 4 aromatic rings. The van der Waals surface area contributed by atoms with Crippen LogP contribution in [0.1, 0.15) is 34.7 Å². The van der Waals surface area contributed by atoms with Crippen molar-refractivity contribution in [1.82, 2.24) is 14.9 Å². The topological polar surface area (TPSA) is 62.5 Å². The highest BCUT2D eigenvalue weighted by molar-refractivity contribution is 7.80. The van der Waals surface area contributed by atoms with E-state index in [0.29, 0.717) is 5.11 Å². The number of hydrogen-bond donors (Lipinski definition) is 2. The summed E-state index contributed by atoms with van der Waals surface area (Å²) in [6.45, 7) is 4.22. The average Bonchev–Trinajstić information content (AvgIpc) is 3.35. The summed E-state index contributed by atoms with van der Waals surface area (Å²) >= 11 is 5.85. The van der Waals surface area contributed by atoms with E-state index in [0.717, 1.165) is 39.8 Å². The molecule has 2 unspecified atom stereocenters. The number of nitrogens with one attached hydrogen (secondary N) is 1. The highest BCUT2D eigenvalue weighted by atomic mass is 32.1. The van der Waals surface area contributed by atoms with Gasteiger partial charge in [-0.2, -0.15) is 0 Å². The van der Waals surface area contributed by atoms with Crippen molar-refractivity contribution in [3.63, 3.8) is 0 Å². The van der Waals surface area contributed by atoms with E-state index in [4.69, 9.17) is 17.0 Å². The van der Waals surface area contributed by atoms with Crippen LogP contribution in [0.25, 0.3) is 5.69 Å². The van der Waals surface area contributed by atoms with E-state index in [1.807, 2.05) is 60.8 Å². The Morgan fingerprint density at radius 2 is 1.68 bits per heavy atom. The van der Waals surface area contributed by atoms with Crippen LogP contribution in [0.3, 0.4) is 0 Å². The highest BCUT2D eigenvalue weighted by Gasteiger charge is 2.42. The van der Waals surface area contributed by atoms with Gasteiger partial charge in [-0.25, -0.2) is 0 Å². The predicted octanol–water partition coefficient (Wildman–Crippen LogP) is 5.38. The summed E-state index contributed by atoms with van der Waals surface area (Å²) in [6.07, 6.45) is 1.81. The first-order valence-corrected chi connectivity index (χ1v) is 11.5. The van der Waals surface area contributed by atoms with E-state index in [1.165, 1.54) is 0 Å². The molecule has 2 aromatic heterocycles. The standard InChI is InChI=1S/C27H26N4O2S/c1-17-16-23(18(2)30(17)19-7-11-21(32)12-8-19)26-25(24-6-4-5-15-28-24)29-27(34)31(26)20-9-13-22(33-3)14-10-20/h4-16,25-26,32H,1-3H3,(H,29,34). The first-order valence-electron chi connectivity index (χ1n) is 11.1. The van der Waals surface area contributed by atoms with Crippen molar-refractivity contribution in [2.24, 2.45) is 0 Å². The van der Waals surface area contributed by atoms with Gasteiger partial charge in [0.2, 0.25) is 0 Å². The molecule has 2 atom stereocenters. The van der Waals surface area contributed by atoms with Crippen molar-refractivity contribution in [3.05, 3.63) is 102 Å². The average molecular weight is 471 g/mol. The normalized spacial score (nSPS) is 17.6. The summed E-state index contributed by atoms with van der Waals surface area (Å²) in [6, 6.07) is 23.2. The molecule has 172 valence electrons. The lowest BCUT2D eigenvalue weighted by molar-refractivity contribution is 0.415. The molecule has 1 aliphatic rings. The zero-order valence-corrected chi connectivity index (χ0v) is 20.1. The van der Waals surface area contributed by atoms with Crippen LogP contribution in [0.5, 0.6) is 11.5 Å². The fourth-order valence-corrected chi connectivity index (χ4v) is 5.12. The Kier molecular flexibility index (Phi) is 5.71. The fraction of sp³-hybridized carbons (Fsp3) is 0.185. The maximum absolute atomic E-state index is 9.75. The van der Waals surface area contributed by atoms with E-state index >= 15 is 0 Å². The molecule has 0 aliphatic carbocycles. The van der Waals surface area contributed by atoms with Gasteiger partial charge in [-0.1, -0.05) is 6.07 Å².